The first kappa shape index (κ1) is 18.7. The van der Waals surface area contributed by atoms with Gasteiger partial charge in [0.05, 0.1) is 36.2 Å². The number of rotatable bonds is 5. The molecule has 3 aromatic rings. The summed E-state index contributed by atoms with van der Waals surface area (Å²) in [5.74, 6) is 1.22. The number of nitriles is 1. The summed E-state index contributed by atoms with van der Waals surface area (Å²) in [7, 11) is 0. The molecule has 1 aliphatic heterocycles. The van der Waals surface area contributed by atoms with E-state index in [9.17, 15) is 0 Å². The molecule has 7 nitrogen and oxygen atoms in total. The molecule has 0 spiro atoms. The molecule has 0 unspecified atom stereocenters. The average molecular weight is 386 g/mol. The van der Waals surface area contributed by atoms with Crippen molar-refractivity contribution >= 4 is 28.8 Å². The number of aromatic nitrogens is 2. The zero-order chi connectivity index (χ0) is 20.1. The van der Waals surface area contributed by atoms with Crippen molar-refractivity contribution in [2.45, 2.75) is 6.92 Å². The number of nitrogens with one attached hydrogen (secondary N) is 2. The van der Waals surface area contributed by atoms with Gasteiger partial charge in [-0.15, -0.1) is 0 Å². The minimum Gasteiger partial charge on any atom is -0.378 e. The molecule has 1 saturated heterocycles. The number of ether oxygens (including phenoxy) is 1. The van der Waals surface area contributed by atoms with Gasteiger partial charge in [-0.3, -0.25) is 0 Å². The van der Waals surface area contributed by atoms with Gasteiger partial charge in [-0.1, -0.05) is 12.1 Å². The fraction of sp³-hybridized carbons (Fsp3) is 0.227. The van der Waals surface area contributed by atoms with Crippen LogP contribution >= 0.6 is 0 Å². The van der Waals surface area contributed by atoms with E-state index in [-0.39, 0.29) is 0 Å². The van der Waals surface area contributed by atoms with Crippen LogP contribution in [0, 0.1) is 18.3 Å². The van der Waals surface area contributed by atoms with Crippen molar-refractivity contribution in [3.05, 3.63) is 65.9 Å². The molecular formula is C22H22N6O. The molecule has 1 aromatic heterocycles. The maximum absolute atomic E-state index is 8.93. The summed E-state index contributed by atoms with van der Waals surface area (Å²) in [6, 6.07) is 19.4. The summed E-state index contributed by atoms with van der Waals surface area (Å²) in [4.78, 5) is 11.4. The van der Waals surface area contributed by atoms with Gasteiger partial charge < -0.3 is 20.3 Å². The highest BCUT2D eigenvalue weighted by molar-refractivity contribution is 5.74. The first-order valence-corrected chi connectivity index (χ1v) is 9.53. The number of hydrogen-bond donors (Lipinski definition) is 2. The number of benzene rings is 2. The molecule has 7 heteroatoms. The molecule has 0 saturated carbocycles. The van der Waals surface area contributed by atoms with Gasteiger partial charge in [0.15, 0.2) is 0 Å². The molecule has 0 aliphatic carbocycles. The summed E-state index contributed by atoms with van der Waals surface area (Å²) in [5, 5.41) is 15.6. The highest BCUT2D eigenvalue weighted by atomic mass is 16.5. The second kappa shape index (κ2) is 8.59. The van der Waals surface area contributed by atoms with E-state index in [1.165, 1.54) is 0 Å². The van der Waals surface area contributed by atoms with Crippen LogP contribution in [0.15, 0.2) is 54.6 Å². The highest BCUT2D eigenvalue weighted by Gasteiger charge is 2.15. The Morgan fingerprint density at radius 3 is 2.52 bits per heavy atom. The van der Waals surface area contributed by atoms with E-state index < -0.39 is 0 Å². The summed E-state index contributed by atoms with van der Waals surface area (Å²) in [5.41, 5.74) is 4.42. The summed E-state index contributed by atoms with van der Waals surface area (Å²) < 4.78 is 5.47. The molecule has 0 bridgehead atoms. The largest absolute Gasteiger partial charge is 0.378 e. The van der Waals surface area contributed by atoms with Crippen LogP contribution in [-0.4, -0.2) is 36.3 Å². The molecule has 2 aromatic carbocycles. The van der Waals surface area contributed by atoms with Gasteiger partial charge >= 0.3 is 0 Å². The Morgan fingerprint density at radius 1 is 1.00 bits per heavy atom. The molecule has 0 atom stereocenters. The maximum Gasteiger partial charge on any atom is 0.229 e. The second-order valence-electron chi connectivity index (χ2n) is 6.77. The Hall–Kier alpha value is -3.63. The Labute approximate surface area is 170 Å². The number of aryl methyl sites for hydroxylation is 1. The third-order valence-corrected chi connectivity index (χ3v) is 4.64. The Bertz CT molecular complexity index is 1020. The van der Waals surface area contributed by atoms with Crippen molar-refractivity contribution < 1.29 is 4.74 Å². The van der Waals surface area contributed by atoms with Gasteiger partial charge in [0.2, 0.25) is 5.95 Å². The van der Waals surface area contributed by atoms with Crippen LogP contribution in [0.1, 0.15) is 11.3 Å². The Balaban J connectivity index is 1.56. The number of anilines is 5. The van der Waals surface area contributed by atoms with Gasteiger partial charge in [0.1, 0.15) is 5.82 Å². The lowest BCUT2D eigenvalue weighted by molar-refractivity contribution is 0.123. The molecule has 4 rings (SSSR count). The molecular weight excluding hydrogens is 364 g/mol. The van der Waals surface area contributed by atoms with E-state index in [1.54, 1.807) is 12.1 Å². The topological polar surface area (TPSA) is 86.1 Å². The van der Waals surface area contributed by atoms with E-state index in [2.05, 4.69) is 43.7 Å². The van der Waals surface area contributed by atoms with E-state index in [4.69, 9.17) is 10.00 Å². The number of para-hydroxylation sites is 2. The zero-order valence-electron chi connectivity index (χ0n) is 16.2. The third-order valence-electron chi connectivity index (χ3n) is 4.64. The van der Waals surface area contributed by atoms with Crippen LogP contribution in [0.5, 0.6) is 0 Å². The predicted octanol–water partition coefficient (Wildman–Crippen LogP) is 3.98. The standard InChI is InChI=1S/C22H22N6O/c1-16-14-21(27-22(24-16)25-18-8-6-17(15-23)7-9-18)26-19-4-2-3-5-20(19)28-10-12-29-13-11-28/h2-9,14H,10-13H2,1H3,(H2,24,25,26,27). The second-order valence-corrected chi connectivity index (χ2v) is 6.77. The molecule has 29 heavy (non-hydrogen) atoms. The minimum atomic E-state index is 0.501. The molecule has 2 N–H and O–H groups in total. The minimum absolute atomic E-state index is 0.501. The monoisotopic (exact) mass is 386 g/mol. The van der Waals surface area contributed by atoms with E-state index >= 15 is 0 Å². The summed E-state index contributed by atoms with van der Waals surface area (Å²) >= 11 is 0. The lowest BCUT2D eigenvalue weighted by atomic mass is 10.2. The first-order valence-electron chi connectivity index (χ1n) is 9.53. The normalized spacial score (nSPS) is 13.6. The number of hydrogen-bond acceptors (Lipinski definition) is 7. The lowest BCUT2D eigenvalue weighted by Crippen LogP contribution is -2.36. The summed E-state index contributed by atoms with van der Waals surface area (Å²) in [6.45, 7) is 5.14. The van der Waals surface area contributed by atoms with Crippen molar-refractivity contribution in [3.8, 4) is 6.07 Å². The first-order chi connectivity index (χ1) is 14.2. The van der Waals surface area contributed by atoms with Gasteiger partial charge in [-0.25, -0.2) is 4.98 Å². The SMILES string of the molecule is Cc1cc(Nc2ccccc2N2CCOCC2)nc(Nc2ccc(C#N)cc2)n1. The van der Waals surface area contributed by atoms with Crippen LogP contribution in [0.3, 0.4) is 0 Å². The zero-order valence-corrected chi connectivity index (χ0v) is 16.2. The van der Waals surface area contributed by atoms with Crippen LogP contribution in [-0.2, 0) is 4.74 Å². The molecule has 1 aliphatic rings. The van der Waals surface area contributed by atoms with E-state index in [0.717, 1.165) is 49.1 Å². The van der Waals surface area contributed by atoms with Crippen molar-refractivity contribution in [2.75, 3.05) is 41.8 Å². The molecule has 0 radical (unpaired) electrons. The van der Waals surface area contributed by atoms with Crippen molar-refractivity contribution in [2.24, 2.45) is 0 Å². The fourth-order valence-electron chi connectivity index (χ4n) is 3.24. The van der Waals surface area contributed by atoms with E-state index in [0.29, 0.717) is 17.3 Å². The Kier molecular flexibility index (Phi) is 5.54. The summed E-state index contributed by atoms with van der Waals surface area (Å²) in [6.07, 6.45) is 0. The average Bonchev–Trinajstić information content (AvgIpc) is 2.75. The van der Waals surface area contributed by atoms with Crippen LogP contribution < -0.4 is 15.5 Å². The van der Waals surface area contributed by atoms with Gasteiger partial charge in [0.25, 0.3) is 0 Å². The van der Waals surface area contributed by atoms with Gasteiger partial charge in [-0.05, 0) is 43.3 Å². The molecule has 146 valence electrons. The van der Waals surface area contributed by atoms with Crippen LogP contribution in [0.2, 0.25) is 0 Å². The highest BCUT2D eigenvalue weighted by Crippen LogP contribution is 2.29. The smallest absolute Gasteiger partial charge is 0.229 e. The number of nitrogens with zero attached hydrogens (tertiary/aromatic N) is 4. The van der Waals surface area contributed by atoms with Gasteiger partial charge in [-0.2, -0.15) is 10.2 Å². The Morgan fingerprint density at radius 2 is 1.76 bits per heavy atom. The van der Waals surface area contributed by atoms with E-state index in [1.807, 2.05) is 37.3 Å². The van der Waals surface area contributed by atoms with Crippen LogP contribution in [0.4, 0.5) is 28.8 Å². The molecule has 0 amide bonds. The van der Waals surface area contributed by atoms with Crippen molar-refractivity contribution in [1.82, 2.24) is 9.97 Å². The maximum atomic E-state index is 8.93. The number of morpholine rings is 1. The van der Waals surface area contributed by atoms with Crippen molar-refractivity contribution in [3.63, 3.8) is 0 Å². The molecule has 2 heterocycles. The molecule has 1 fully saturated rings. The quantitative estimate of drug-likeness (QED) is 0.686. The fourth-order valence-corrected chi connectivity index (χ4v) is 3.24. The predicted molar refractivity (Wildman–Crippen MR) is 114 cm³/mol. The van der Waals surface area contributed by atoms with Gasteiger partial charge in [0, 0.05) is 30.5 Å². The van der Waals surface area contributed by atoms with Crippen molar-refractivity contribution in [1.29, 1.82) is 5.26 Å². The third kappa shape index (κ3) is 4.62. The lowest BCUT2D eigenvalue weighted by Gasteiger charge is -2.30. The van der Waals surface area contributed by atoms with Crippen LogP contribution in [0.25, 0.3) is 0 Å².